The van der Waals surface area contributed by atoms with Crippen molar-refractivity contribution < 1.29 is 24.6 Å². The van der Waals surface area contributed by atoms with Gasteiger partial charge in [-0.05, 0) is 43.9 Å². The highest BCUT2D eigenvalue weighted by Gasteiger charge is 2.32. The van der Waals surface area contributed by atoms with E-state index in [1.807, 2.05) is 13.8 Å². The first-order chi connectivity index (χ1) is 12.2. The molecule has 2 heterocycles. The monoisotopic (exact) mass is 396 g/mol. The number of amides is 1. The zero-order valence-electron chi connectivity index (χ0n) is 14.5. The van der Waals surface area contributed by atoms with Crippen LogP contribution in [0.5, 0.6) is 0 Å². The van der Waals surface area contributed by atoms with Crippen LogP contribution in [0.15, 0.2) is 4.91 Å². The summed E-state index contributed by atoms with van der Waals surface area (Å²) in [5, 5.41) is 17.6. The lowest BCUT2D eigenvalue weighted by atomic mass is 10.0. The van der Waals surface area contributed by atoms with Crippen LogP contribution in [0.3, 0.4) is 0 Å². The van der Waals surface area contributed by atoms with Crippen molar-refractivity contribution in [2.45, 2.75) is 39.5 Å². The number of nitrogens with zero attached hydrogens (tertiary/aromatic N) is 1. The molecule has 0 spiro atoms. The van der Waals surface area contributed by atoms with Gasteiger partial charge < -0.3 is 15.2 Å². The summed E-state index contributed by atoms with van der Waals surface area (Å²) in [6.07, 6.45) is 2.52. The molecule has 7 nitrogen and oxygen atoms in total. The summed E-state index contributed by atoms with van der Waals surface area (Å²) < 4.78 is 0.415. The van der Waals surface area contributed by atoms with Crippen molar-refractivity contribution in [2.24, 2.45) is 0 Å². The number of carbonyl (C=O) groups is 3. The first-order valence-electron chi connectivity index (χ1n) is 8.07. The Morgan fingerprint density at radius 3 is 2.50 bits per heavy atom. The van der Waals surface area contributed by atoms with E-state index < -0.39 is 11.9 Å². The van der Waals surface area contributed by atoms with E-state index in [-0.39, 0.29) is 25.3 Å². The van der Waals surface area contributed by atoms with Crippen molar-refractivity contribution in [1.82, 2.24) is 9.88 Å². The maximum atomic E-state index is 12.5. The van der Waals surface area contributed by atoms with Gasteiger partial charge in [0.05, 0.1) is 4.91 Å². The second kappa shape index (κ2) is 8.50. The fourth-order valence-electron chi connectivity index (χ4n) is 2.78. The number of hydrogen-bond donors (Lipinski definition) is 3. The molecule has 0 bridgehead atoms. The second-order valence-corrected chi connectivity index (χ2v) is 7.67. The first-order valence-corrected chi connectivity index (χ1v) is 9.30. The molecule has 1 fully saturated rings. The molecule has 1 aromatic heterocycles. The van der Waals surface area contributed by atoms with Crippen LogP contribution in [0.4, 0.5) is 0 Å². The Morgan fingerprint density at radius 2 is 1.88 bits per heavy atom. The normalized spacial score (nSPS) is 15.9. The number of carbonyl (C=O) groups excluding carboxylic acids is 1. The molecular formula is C17H20N2O5S2. The van der Waals surface area contributed by atoms with Crippen LogP contribution in [-0.2, 0) is 20.8 Å². The van der Waals surface area contributed by atoms with Gasteiger partial charge in [0.2, 0.25) is 0 Å². The van der Waals surface area contributed by atoms with Gasteiger partial charge in [0.15, 0.2) is 0 Å². The molecule has 3 N–H and O–H groups in total. The lowest BCUT2D eigenvalue weighted by molar-refractivity contribution is -0.138. The van der Waals surface area contributed by atoms with Crippen molar-refractivity contribution >= 4 is 52.2 Å². The van der Waals surface area contributed by atoms with E-state index in [9.17, 15) is 14.4 Å². The van der Waals surface area contributed by atoms with Crippen LogP contribution < -0.4 is 0 Å². The quantitative estimate of drug-likeness (QED) is 0.458. The maximum Gasteiger partial charge on any atom is 0.303 e. The summed E-state index contributed by atoms with van der Waals surface area (Å²) in [6, 6.07) is 0. The number of aromatic nitrogens is 1. The lowest BCUT2D eigenvalue weighted by Gasteiger charge is -2.13. The number of aliphatic carboxylic acids is 2. The third-order valence-electron chi connectivity index (χ3n) is 4.14. The molecule has 0 aromatic carbocycles. The third-order valence-corrected chi connectivity index (χ3v) is 5.52. The fourth-order valence-corrected chi connectivity index (χ4v) is 4.07. The van der Waals surface area contributed by atoms with E-state index in [1.165, 1.54) is 16.7 Å². The molecular weight excluding hydrogens is 376 g/mol. The molecule has 0 unspecified atom stereocenters. The van der Waals surface area contributed by atoms with E-state index in [0.29, 0.717) is 22.1 Å². The van der Waals surface area contributed by atoms with Crippen molar-refractivity contribution in [3.05, 3.63) is 27.4 Å². The summed E-state index contributed by atoms with van der Waals surface area (Å²) in [6.45, 7) is 4.04. The summed E-state index contributed by atoms with van der Waals surface area (Å²) >= 11 is 6.41. The predicted octanol–water partition coefficient (Wildman–Crippen LogP) is 2.71. The molecule has 1 amide bonds. The number of thiocarbonyl (C=S) groups is 1. The smallest absolute Gasteiger partial charge is 0.303 e. The van der Waals surface area contributed by atoms with Gasteiger partial charge >= 0.3 is 11.9 Å². The third kappa shape index (κ3) is 4.73. The molecule has 2 rings (SSSR count). The number of carboxylic acid groups (broad SMARTS) is 2. The number of thioether (sulfide) groups is 1. The van der Waals surface area contributed by atoms with Crippen molar-refractivity contribution in [1.29, 1.82) is 0 Å². The van der Waals surface area contributed by atoms with Gasteiger partial charge in [0.25, 0.3) is 5.91 Å². The number of hydrogen-bond acceptors (Lipinski definition) is 5. The zero-order valence-corrected chi connectivity index (χ0v) is 16.1. The molecule has 1 saturated heterocycles. The summed E-state index contributed by atoms with van der Waals surface area (Å²) in [5.74, 6) is -1.99. The van der Waals surface area contributed by atoms with Gasteiger partial charge in [-0.2, -0.15) is 0 Å². The molecule has 140 valence electrons. The van der Waals surface area contributed by atoms with Crippen molar-refractivity contribution in [3.8, 4) is 0 Å². The molecule has 26 heavy (non-hydrogen) atoms. The minimum absolute atomic E-state index is 0.0159. The topological polar surface area (TPSA) is 111 Å². The minimum atomic E-state index is -0.905. The van der Waals surface area contributed by atoms with Crippen molar-refractivity contribution in [3.63, 3.8) is 0 Å². The molecule has 9 heteroatoms. The maximum absolute atomic E-state index is 12.5. The Hall–Kier alpha value is -2.13. The number of H-pyrrole nitrogens is 1. The number of aryl methyl sites for hydroxylation is 1. The van der Waals surface area contributed by atoms with Gasteiger partial charge in [0.1, 0.15) is 4.32 Å². The summed E-state index contributed by atoms with van der Waals surface area (Å²) in [4.78, 5) is 39.0. The Kier molecular flexibility index (Phi) is 6.60. The first kappa shape index (κ1) is 20.2. The Morgan fingerprint density at radius 1 is 1.23 bits per heavy atom. The number of aromatic amines is 1. The van der Waals surface area contributed by atoms with Crippen LogP contribution in [0.1, 0.15) is 41.8 Å². The fraction of sp³-hybridized carbons (Fsp3) is 0.412. The molecule has 1 aliphatic heterocycles. The molecule has 1 aromatic rings. The number of rotatable bonds is 8. The zero-order chi connectivity index (χ0) is 19.4. The van der Waals surface area contributed by atoms with Gasteiger partial charge in [-0.25, -0.2) is 0 Å². The van der Waals surface area contributed by atoms with Gasteiger partial charge in [-0.1, -0.05) is 24.0 Å². The molecule has 1 aliphatic rings. The van der Waals surface area contributed by atoms with E-state index in [0.717, 1.165) is 22.5 Å². The van der Waals surface area contributed by atoms with E-state index >= 15 is 0 Å². The predicted molar refractivity (Wildman–Crippen MR) is 103 cm³/mol. The van der Waals surface area contributed by atoms with Gasteiger partial charge in [-0.3, -0.25) is 19.3 Å². The Bertz CT molecular complexity index is 797. The van der Waals surface area contributed by atoms with E-state index in [2.05, 4.69) is 4.98 Å². The van der Waals surface area contributed by atoms with Crippen molar-refractivity contribution in [2.75, 3.05) is 6.54 Å². The van der Waals surface area contributed by atoms with Crippen LogP contribution >= 0.6 is 24.0 Å². The molecule has 0 atom stereocenters. The van der Waals surface area contributed by atoms with E-state index in [4.69, 9.17) is 22.4 Å². The lowest BCUT2D eigenvalue weighted by Crippen LogP contribution is -2.29. The van der Waals surface area contributed by atoms with E-state index in [1.54, 1.807) is 6.08 Å². The average molecular weight is 396 g/mol. The highest BCUT2D eigenvalue weighted by atomic mass is 32.2. The summed E-state index contributed by atoms with van der Waals surface area (Å²) in [5.41, 5.74) is 3.50. The molecule has 0 saturated carbocycles. The highest BCUT2D eigenvalue weighted by Crippen LogP contribution is 2.33. The minimum Gasteiger partial charge on any atom is -0.481 e. The van der Waals surface area contributed by atoms with Crippen LogP contribution in [-0.4, -0.2) is 48.8 Å². The van der Waals surface area contributed by atoms with Crippen LogP contribution in [0.2, 0.25) is 0 Å². The highest BCUT2D eigenvalue weighted by molar-refractivity contribution is 8.26. The number of nitrogens with one attached hydrogen (secondary N) is 1. The van der Waals surface area contributed by atoms with Crippen LogP contribution in [0, 0.1) is 13.8 Å². The second-order valence-electron chi connectivity index (χ2n) is 5.99. The number of carboxylic acids is 2. The van der Waals surface area contributed by atoms with Gasteiger partial charge in [-0.15, -0.1) is 0 Å². The standard InChI is InChI=1S/C17H20N2O5S2/c1-9-11(5-6-15(22)23)10(2)18-12(9)8-13-16(24)19(17(25)26-13)7-3-4-14(20)21/h8,18H,3-7H2,1-2H3,(H,20,21)(H,22,23). The molecule has 0 radical (unpaired) electrons. The van der Waals surface area contributed by atoms with Gasteiger partial charge in [0, 0.05) is 30.8 Å². The largest absolute Gasteiger partial charge is 0.481 e. The Labute approximate surface area is 160 Å². The average Bonchev–Trinajstić information content (AvgIpc) is 2.95. The SMILES string of the molecule is Cc1[nH]c(C=C2SC(=S)N(CCCC(=O)O)C2=O)c(C)c1CCC(=O)O. The molecule has 0 aliphatic carbocycles. The van der Waals surface area contributed by atoms with Crippen LogP contribution in [0.25, 0.3) is 6.08 Å². The Balaban J connectivity index is 2.16. The summed E-state index contributed by atoms with van der Waals surface area (Å²) in [7, 11) is 0.